The fourth-order valence-electron chi connectivity index (χ4n) is 1.52. The highest BCUT2D eigenvalue weighted by Gasteiger charge is 2.16. The molecule has 0 bridgehead atoms. The third kappa shape index (κ3) is 3.30. The molecule has 4 heteroatoms. The smallest absolute Gasteiger partial charge is 0.338 e. The summed E-state index contributed by atoms with van der Waals surface area (Å²) < 4.78 is 4.92. The maximum atomic E-state index is 11.6. The van der Waals surface area contributed by atoms with Crippen LogP contribution < -0.4 is 0 Å². The van der Waals surface area contributed by atoms with Crippen LogP contribution in [0.15, 0.2) is 18.2 Å². The normalized spacial score (nSPS) is 12.0. The summed E-state index contributed by atoms with van der Waals surface area (Å²) in [6.07, 6.45) is 0. The Morgan fingerprint density at radius 3 is 2.53 bits per heavy atom. The zero-order valence-electron chi connectivity index (χ0n) is 10.1. The molecular formula is C13H15ClO3. The molecule has 0 aliphatic heterocycles. The number of hydrogen-bond donors (Lipinski definition) is 0. The first-order chi connectivity index (χ1) is 7.97. The highest BCUT2D eigenvalue weighted by molar-refractivity contribution is 6.30. The van der Waals surface area contributed by atoms with Crippen molar-refractivity contribution in [3.63, 3.8) is 0 Å². The van der Waals surface area contributed by atoms with Gasteiger partial charge in [-0.3, -0.25) is 4.79 Å². The molecule has 0 saturated heterocycles. The number of carbonyl (C=O) groups is 2. The fourth-order valence-corrected chi connectivity index (χ4v) is 1.65. The Morgan fingerprint density at radius 1 is 1.41 bits per heavy atom. The summed E-state index contributed by atoms with van der Waals surface area (Å²) in [7, 11) is 0. The molecule has 1 aromatic rings. The lowest BCUT2D eigenvalue weighted by Gasteiger charge is -2.10. The van der Waals surface area contributed by atoms with E-state index < -0.39 is 5.38 Å². The van der Waals surface area contributed by atoms with E-state index in [2.05, 4.69) is 0 Å². The summed E-state index contributed by atoms with van der Waals surface area (Å²) in [6.45, 7) is 5.32. The van der Waals surface area contributed by atoms with Crippen LogP contribution in [0.4, 0.5) is 0 Å². The van der Waals surface area contributed by atoms with Crippen LogP contribution in [0.5, 0.6) is 0 Å². The van der Waals surface area contributed by atoms with Crippen LogP contribution in [0.2, 0.25) is 0 Å². The van der Waals surface area contributed by atoms with Gasteiger partial charge in [0.15, 0.2) is 5.78 Å². The van der Waals surface area contributed by atoms with E-state index in [1.54, 1.807) is 32.0 Å². The van der Waals surface area contributed by atoms with E-state index in [1.165, 1.54) is 6.92 Å². The van der Waals surface area contributed by atoms with Gasteiger partial charge in [0, 0.05) is 0 Å². The van der Waals surface area contributed by atoms with Gasteiger partial charge in [-0.15, -0.1) is 11.6 Å². The van der Waals surface area contributed by atoms with Crippen LogP contribution >= 0.6 is 11.6 Å². The van der Waals surface area contributed by atoms with E-state index >= 15 is 0 Å². The first-order valence-corrected chi connectivity index (χ1v) is 5.83. The number of hydrogen-bond acceptors (Lipinski definition) is 3. The number of esters is 1. The quantitative estimate of drug-likeness (QED) is 0.613. The predicted octanol–water partition coefficient (Wildman–Crippen LogP) is 3.04. The lowest BCUT2D eigenvalue weighted by molar-refractivity contribution is -0.116. The summed E-state index contributed by atoms with van der Waals surface area (Å²) in [5, 5.41) is -0.662. The number of carbonyl (C=O) groups excluding carboxylic acids is 2. The molecule has 1 aromatic carbocycles. The molecule has 92 valence electrons. The van der Waals surface area contributed by atoms with Crippen LogP contribution in [0.25, 0.3) is 0 Å². The lowest BCUT2D eigenvalue weighted by atomic mass is 10.0. The molecule has 0 heterocycles. The van der Waals surface area contributed by atoms with Crippen LogP contribution in [-0.2, 0) is 9.53 Å². The van der Waals surface area contributed by atoms with Crippen LogP contribution in [-0.4, -0.2) is 18.4 Å². The highest BCUT2D eigenvalue weighted by Crippen LogP contribution is 2.24. The minimum atomic E-state index is -0.662. The molecule has 0 N–H and O–H groups in total. The molecule has 0 radical (unpaired) electrons. The number of ether oxygens (including phenoxy) is 1. The van der Waals surface area contributed by atoms with Crippen molar-refractivity contribution in [3.05, 3.63) is 34.9 Å². The third-order valence-electron chi connectivity index (χ3n) is 2.40. The maximum Gasteiger partial charge on any atom is 0.338 e. The Labute approximate surface area is 106 Å². The van der Waals surface area contributed by atoms with Crippen LogP contribution in [0.1, 0.15) is 40.7 Å². The molecule has 3 nitrogen and oxygen atoms in total. The molecule has 0 amide bonds. The van der Waals surface area contributed by atoms with Crippen molar-refractivity contribution < 1.29 is 14.3 Å². The van der Waals surface area contributed by atoms with Gasteiger partial charge < -0.3 is 4.74 Å². The van der Waals surface area contributed by atoms with E-state index in [0.717, 1.165) is 5.56 Å². The largest absolute Gasteiger partial charge is 0.462 e. The molecule has 1 unspecified atom stereocenters. The van der Waals surface area contributed by atoms with Gasteiger partial charge in [0.2, 0.25) is 0 Å². The average molecular weight is 255 g/mol. The highest BCUT2D eigenvalue weighted by atomic mass is 35.5. The van der Waals surface area contributed by atoms with Gasteiger partial charge >= 0.3 is 5.97 Å². The molecule has 1 rings (SSSR count). The number of ketones is 1. The number of halogens is 1. The third-order valence-corrected chi connectivity index (χ3v) is 2.95. The zero-order chi connectivity index (χ0) is 13.0. The lowest BCUT2D eigenvalue weighted by Crippen LogP contribution is -2.08. The zero-order valence-corrected chi connectivity index (χ0v) is 10.9. The standard InChI is InChI=1S/C13H15ClO3/c1-4-17-13(16)11-6-5-10(7-8(11)2)12(14)9(3)15/h5-7,12H,4H2,1-3H3. The minimum absolute atomic E-state index is 0.116. The summed E-state index contributed by atoms with van der Waals surface area (Å²) >= 11 is 5.94. The number of alkyl halides is 1. The monoisotopic (exact) mass is 254 g/mol. The van der Waals surface area contributed by atoms with Crippen molar-refractivity contribution in [2.24, 2.45) is 0 Å². The molecular weight excluding hydrogens is 240 g/mol. The summed E-state index contributed by atoms with van der Waals surface area (Å²) in [5.41, 5.74) is 1.96. The Kier molecular flexibility index (Phi) is 4.70. The van der Waals surface area contributed by atoms with E-state index in [4.69, 9.17) is 16.3 Å². The van der Waals surface area contributed by atoms with Gasteiger partial charge in [-0.1, -0.05) is 12.1 Å². The van der Waals surface area contributed by atoms with Crippen LogP contribution in [0, 0.1) is 6.92 Å². The van der Waals surface area contributed by atoms with Gasteiger partial charge in [0.25, 0.3) is 0 Å². The molecule has 0 spiro atoms. The number of Topliss-reactive ketones (excluding diaryl/α,β-unsaturated/α-hetero) is 1. The maximum absolute atomic E-state index is 11.6. The molecule has 0 aliphatic rings. The van der Waals surface area contributed by atoms with Crippen molar-refractivity contribution in [1.29, 1.82) is 0 Å². The first-order valence-electron chi connectivity index (χ1n) is 5.39. The molecule has 0 saturated carbocycles. The molecule has 0 aliphatic carbocycles. The van der Waals surface area contributed by atoms with Gasteiger partial charge in [-0.05, 0) is 38.0 Å². The second-order valence-corrected chi connectivity index (χ2v) is 4.20. The average Bonchev–Trinajstić information content (AvgIpc) is 2.27. The van der Waals surface area contributed by atoms with E-state index in [-0.39, 0.29) is 11.8 Å². The van der Waals surface area contributed by atoms with Crippen molar-refractivity contribution in [2.45, 2.75) is 26.1 Å². The predicted molar refractivity (Wildman–Crippen MR) is 66.4 cm³/mol. The Balaban J connectivity index is 3.01. The van der Waals surface area contributed by atoms with E-state index in [1.807, 2.05) is 0 Å². The van der Waals surface area contributed by atoms with Gasteiger partial charge in [-0.2, -0.15) is 0 Å². The summed E-state index contributed by atoms with van der Waals surface area (Å²) in [4.78, 5) is 22.7. The second kappa shape index (κ2) is 5.82. The van der Waals surface area contributed by atoms with Crippen molar-refractivity contribution in [2.75, 3.05) is 6.61 Å². The Bertz CT molecular complexity index is 440. The van der Waals surface area contributed by atoms with Crippen LogP contribution in [0.3, 0.4) is 0 Å². The van der Waals surface area contributed by atoms with Crippen molar-refractivity contribution in [1.82, 2.24) is 0 Å². The SMILES string of the molecule is CCOC(=O)c1ccc(C(Cl)C(C)=O)cc1C. The van der Waals surface area contributed by atoms with Crippen molar-refractivity contribution >= 4 is 23.4 Å². The molecule has 0 fully saturated rings. The van der Waals surface area contributed by atoms with Crippen molar-refractivity contribution in [3.8, 4) is 0 Å². The van der Waals surface area contributed by atoms with Gasteiger partial charge in [-0.25, -0.2) is 4.79 Å². The van der Waals surface area contributed by atoms with Gasteiger partial charge in [0.05, 0.1) is 12.2 Å². The number of benzene rings is 1. The summed E-state index contributed by atoms with van der Waals surface area (Å²) in [5.74, 6) is -0.472. The fraction of sp³-hybridized carbons (Fsp3) is 0.385. The number of aryl methyl sites for hydroxylation is 1. The Hall–Kier alpha value is -1.35. The van der Waals surface area contributed by atoms with E-state index in [9.17, 15) is 9.59 Å². The Morgan fingerprint density at radius 2 is 2.06 bits per heavy atom. The second-order valence-electron chi connectivity index (χ2n) is 3.77. The number of rotatable bonds is 4. The topological polar surface area (TPSA) is 43.4 Å². The minimum Gasteiger partial charge on any atom is -0.462 e. The molecule has 1 atom stereocenters. The molecule has 0 aromatic heterocycles. The van der Waals surface area contributed by atoms with E-state index in [0.29, 0.717) is 17.7 Å². The molecule has 17 heavy (non-hydrogen) atoms. The first kappa shape index (κ1) is 13.7. The summed E-state index contributed by atoms with van der Waals surface area (Å²) in [6, 6.07) is 5.06. The van der Waals surface area contributed by atoms with Gasteiger partial charge in [0.1, 0.15) is 5.38 Å².